The molecule has 0 saturated carbocycles. The molecule has 0 radical (unpaired) electrons. The van der Waals surface area contributed by atoms with Crippen LogP contribution in [0.25, 0.3) is 10.8 Å². The van der Waals surface area contributed by atoms with Crippen molar-refractivity contribution in [3.63, 3.8) is 0 Å². The molecule has 0 aliphatic heterocycles. The van der Waals surface area contributed by atoms with Crippen LogP contribution in [-0.2, 0) is 4.79 Å². The van der Waals surface area contributed by atoms with Gasteiger partial charge in [-0.3, -0.25) is 14.9 Å². The first-order valence-corrected chi connectivity index (χ1v) is 9.34. The van der Waals surface area contributed by atoms with Crippen molar-refractivity contribution in [2.45, 2.75) is 13.8 Å². The third-order valence-electron chi connectivity index (χ3n) is 4.17. The monoisotopic (exact) mass is 447 g/mol. The number of fused-ring (bicyclic) bond motifs is 1. The number of halogens is 2. The predicted octanol–water partition coefficient (Wildman–Crippen LogP) is 5.93. The van der Waals surface area contributed by atoms with E-state index >= 15 is 0 Å². The Balaban J connectivity index is 1.94. The molecule has 0 unspecified atom stereocenters. The van der Waals surface area contributed by atoms with Crippen molar-refractivity contribution >= 4 is 63.0 Å². The molecule has 2 amide bonds. The van der Waals surface area contributed by atoms with E-state index in [0.29, 0.717) is 21.4 Å². The second-order valence-electron chi connectivity index (χ2n) is 6.35. The van der Waals surface area contributed by atoms with Gasteiger partial charge in [-0.25, -0.2) is 4.79 Å². The van der Waals surface area contributed by atoms with Gasteiger partial charge in [0, 0.05) is 35.0 Å². The van der Waals surface area contributed by atoms with Crippen molar-refractivity contribution < 1.29 is 19.2 Å². The Morgan fingerprint density at radius 3 is 2.40 bits per heavy atom. The molecule has 0 atom stereocenters. The molecule has 0 bridgehead atoms. The third kappa shape index (κ3) is 4.61. The molecule has 0 fully saturated rings. The van der Waals surface area contributed by atoms with Gasteiger partial charge in [0.1, 0.15) is 5.75 Å². The standard InChI is InChI=1S/C20H15Cl2N3O5/c1-10-3-4-12(7-18(10)25(28)29)23-20(27)24-19-15-8-13(30-11(2)26)5-6-14(15)16(21)9-17(19)22/h3-9H,1-2H3,(H2,23,24,27). The predicted molar refractivity (Wildman–Crippen MR) is 116 cm³/mol. The number of nitrogens with zero attached hydrogens (tertiary/aromatic N) is 1. The molecular formula is C20H15Cl2N3O5. The van der Waals surface area contributed by atoms with Crippen molar-refractivity contribution in [1.29, 1.82) is 0 Å². The number of urea groups is 1. The van der Waals surface area contributed by atoms with Gasteiger partial charge in [0.05, 0.1) is 20.7 Å². The number of anilines is 2. The molecule has 3 rings (SSSR count). The molecule has 0 heterocycles. The zero-order valence-corrected chi connectivity index (χ0v) is 17.3. The zero-order chi connectivity index (χ0) is 22.0. The summed E-state index contributed by atoms with van der Waals surface area (Å²) in [6.07, 6.45) is 0. The lowest BCUT2D eigenvalue weighted by molar-refractivity contribution is -0.385. The van der Waals surface area contributed by atoms with Gasteiger partial charge in [0.2, 0.25) is 0 Å². The van der Waals surface area contributed by atoms with E-state index in [1.807, 2.05) is 0 Å². The van der Waals surface area contributed by atoms with Gasteiger partial charge in [0.25, 0.3) is 5.69 Å². The number of esters is 1. The highest BCUT2D eigenvalue weighted by atomic mass is 35.5. The number of nitrogens with one attached hydrogen (secondary N) is 2. The fourth-order valence-electron chi connectivity index (χ4n) is 2.84. The molecular weight excluding hydrogens is 433 g/mol. The molecule has 8 nitrogen and oxygen atoms in total. The summed E-state index contributed by atoms with van der Waals surface area (Å²) in [7, 11) is 0. The maximum absolute atomic E-state index is 12.5. The summed E-state index contributed by atoms with van der Waals surface area (Å²) in [6, 6.07) is 9.87. The van der Waals surface area contributed by atoms with E-state index in [1.54, 1.807) is 25.1 Å². The molecule has 154 valence electrons. The number of nitro benzene ring substituents is 1. The van der Waals surface area contributed by atoms with E-state index in [0.717, 1.165) is 0 Å². The first kappa shape index (κ1) is 21.4. The minimum atomic E-state index is -0.670. The number of carbonyl (C=O) groups is 2. The molecule has 0 aliphatic carbocycles. The quantitative estimate of drug-likeness (QED) is 0.222. The summed E-state index contributed by atoms with van der Waals surface area (Å²) in [4.78, 5) is 34.3. The first-order valence-electron chi connectivity index (χ1n) is 8.59. The number of hydrogen-bond acceptors (Lipinski definition) is 5. The van der Waals surface area contributed by atoms with Crippen LogP contribution in [-0.4, -0.2) is 16.9 Å². The normalized spacial score (nSPS) is 10.5. The molecule has 0 aliphatic rings. The van der Waals surface area contributed by atoms with Crippen LogP contribution in [0.2, 0.25) is 10.0 Å². The largest absolute Gasteiger partial charge is 0.427 e. The number of nitro groups is 1. The van der Waals surface area contributed by atoms with Crippen molar-refractivity contribution in [1.82, 2.24) is 0 Å². The molecule has 0 spiro atoms. The highest BCUT2D eigenvalue weighted by Gasteiger charge is 2.16. The number of carbonyl (C=O) groups excluding carboxylic acids is 2. The Labute approximate surface area is 180 Å². The van der Waals surface area contributed by atoms with Gasteiger partial charge < -0.3 is 15.4 Å². The highest BCUT2D eigenvalue weighted by molar-refractivity contribution is 6.41. The van der Waals surface area contributed by atoms with Crippen LogP contribution in [0.3, 0.4) is 0 Å². The van der Waals surface area contributed by atoms with Gasteiger partial charge in [0.15, 0.2) is 0 Å². The number of rotatable bonds is 4. The van der Waals surface area contributed by atoms with Crippen molar-refractivity contribution in [3.8, 4) is 5.75 Å². The van der Waals surface area contributed by atoms with Crippen LogP contribution in [0.1, 0.15) is 12.5 Å². The minimum Gasteiger partial charge on any atom is -0.427 e. The second-order valence-corrected chi connectivity index (χ2v) is 7.17. The third-order valence-corrected chi connectivity index (χ3v) is 4.78. The van der Waals surface area contributed by atoms with E-state index in [-0.39, 0.29) is 27.8 Å². The summed E-state index contributed by atoms with van der Waals surface area (Å²) in [5.74, 6) is -0.248. The van der Waals surface area contributed by atoms with Crippen LogP contribution in [0.15, 0.2) is 42.5 Å². The molecule has 3 aromatic rings. The molecule has 0 aromatic heterocycles. The average Bonchev–Trinajstić information content (AvgIpc) is 2.65. The summed E-state index contributed by atoms with van der Waals surface area (Å²) in [5.41, 5.74) is 0.827. The Hall–Kier alpha value is -3.36. The SMILES string of the molecule is CC(=O)Oc1ccc2c(Cl)cc(Cl)c(NC(=O)Nc3ccc(C)c([N+](=O)[O-])c3)c2c1. The minimum absolute atomic E-state index is 0.117. The number of ether oxygens (including phenoxy) is 1. The Kier molecular flexibility index (Phi) is 6.09. The molecule has 3 aromatic carbocycles. The summed E-state index contributed by atoms with van der Waals surface area (Å²) >= 11 is 12.5. The van der Waals surface area contributed by atoms with Crippen LogP contribution >= 0.6 is 23.2 Å². The molecule has 10 heteroatoms. The maximum atomic E-state index is 12.5. The topological polar surface area (TPSA) is 111 Å². The van der Waals surface area contributed by atoms with Crippen LogP contribution in [0.4, 0.5) is 21.9 Å². The molecule has 0 saturated heterocycles. The Bertz CT molecular complexity index is 1200. The lowest BCUT2D eigenvalue weighted by atomic mass is 10.1. The van der Waals surface area contributed by atoms with Crippen LogP contribution in [0, 0.1) is 17.0 Å². The van der Waals surface area contributed by atoms with Crippen LogP contribution in [0.5, 0.6) is 5.75 Å². The lowest BCUT2D eigenvalue weighted by Crippen LogP contribution is -2.20. The number of hydrogen-bond donors (Lipinski definition) is 2. The average molecular weight is 448 g/mol. The first-order chi connectivity index (χ1) is 14.2. The van der Waals surface area contributed by atoms with Gasteiger partial charge >= 0.3 is 12.0 Å². The van der Waals surface area contributed by atoms with E-state index in [4.69, 9.17) is 27.9 Å². The van der Waals surface area contributed by atoms with Gasteiger partial charge in [-0.2, -0.15) is 0 Å². The van der Waals surface area contributed by atoms with Gasteiger partial charge in [-0.15, -0.1) is 0 Å². The fourth-order valence-corrected chi connectivity index (χ4v) is 3.43. The fraction of sp³-hybridized carbons (Fsp3) is 0.100. The maximum Gasteiger partial charge on any atom is 0.323 e. The van der Waals surface area contributed by atoms with E-state index in [1.165, 1.54) is 31.2 Å². The Morgan fingerprint density at radius 2 is 1.73 bits per heavy atom. The number of aryl methyl sites for hydroxylation is 1. The van der Waals surface area contributed by atoms with Gasteiger partial charge in [-0.1, -0.05) is 29.3 Å². The van der Waals surface area contributed by atoms with E-state index < -0.39 is 16.9 Å². The summed E-state index contributed by atoms with van der Waals surface area (Å²) < 4.78 is 5.09. The molecule has 30 heavy (non-hydrogen) atoms. The Morgan fingerprint density at radius 1 is 1.00 bits per heavy atom. The van der Waals surface area contributed by atoms with Crippen molar-refractivity contribution in [2.24, 2.45) is 0 Å². The summed E-state index contributed by atoms with van der Waals surface area (Å²) in [6.45, 7) is 2.87. The van der Waals surface area contributed by atoms with Crippen LogP contribution < -0.4 is 15.4 Å². The molecule has 2 N–H and O–H groups in total. The van der Waals surface area contributed by atoms with E-state index in [9.17, 15) is 19.7 Å². The van der Waals surface area contributed by atoms with Gasteiger partial charge in [-0.05, 0) is 37.3 Å². The highest BCUT2D eigenvalue weighted by Crippen LogP contribution is 2.38. The van der Waals surface area contributed by atoms with Crippen molar-refractivity contribution in [3.05, 3.63) is 68.2 Å². The zero-order valence-electron chi connectivity index (χ0n) is 15.8. The van der Waals surface area contributed by atoms with Crippen molar-refractivity contribution in [2.75, 3.05) is 10.6 Å². The smallest absolute Gasteiger partial charge is 0.323 e. The lowest BCUT2D eigenvalue weighted by Gasteiger charge is -2.14. The van der Waals surface area contributed by atoms with E-state index in [2.05, 4.69) is 10.6 Å². The number of amides is 2. The number of benzene rings is 3. The second kappa shape index (κ2) is 8.56. The summed E-state index contributed by atoms with van der Waals surface area (Å²) in [5, 5.41) is 17.8.